The summed E-state index contributed by atoms with van der Waals surface area (Å²) < 4.78 is 10.7. The molecule has 34 heavy (non-hydrogen) atoms. The third-order valence-electron chi connectivity index (χ3n) is 4.84. The van der Waals surface area contributed by atoms with Gasteiger partial charge in [0.15, 0.2) is 11.8 Å². The Balaban J connectivity index is 1.31. The number of amides is 2. The molecule has 1 aliphatic heterocycles. The highest BCUT2D eigenvalue weighted by atomic mass is 32.2. The maximum atomic E-state index is 12.3. The van der Waals surface area contributed by atoms with Gasteiger partial charge >= 0.3 is 0 Å². The quantitative estimate of drug-likeness (QED) is 0.476. The molecule has 3 aromatic carbocycles. The molecule has 0 spiro atoms. The second-order valence-corrected chi connectivity index (χ2v) is 8.48. The second-order valence-electron chi connectivity index (χ2n) is 7.45. The van der Waals surface area contributed by atoms with Crippen LogP contribution >= 0.6 is 11.8 Å². The lowest BCUT2D eigenvalue weighted by Gasteiger charge is -2.08. The number of amidine groups is 1. The lowest BCUT2D eigenvalue weighted by molar-refractivity contribution is -0.118. The molecule has 3 aromatic rings. The lowest BCUT2D eigenvalue weighted by atomic mass is 10.2. The molecule has 172 valence electrons. The number of hydrogen-bond donors (Lipinski definition) is 2. The summed E-state index contributed by atoms with van der Waals surface area (Å²) in [5, 5.41) is 6.10. The van der Waals surface area contributed by atoms with Crippen LogP contribution in [0.1, 0.15) is 11.1 Å². The maximum absolute atomic E-state index is 12.3. The summed E-state index contributed by atoms with van der Waals surface area (Å²) in [6.07, 6.45) is 1.79. The molecule has 0 bridgehead atoms. The molecule has 7 nitrogen and oxygen atoms in total. The van der Waals surface area contributed by atoms with Crippen molar-refractivity contribution in [3.8, 4) is 11.5 Å². The number of benzene rings is 3. The van der Waals surface area contributed by atoms with E-state index in [1.165, 1.54) is 11.8 Å². The number of rotatable bonds is 7. The highest BCUT2D eigenvalue weighted by Crippen LogP contribution is 2.28. The van der Waals surface area contributed by atoms with Gasteiger partial charge in [-0.15, -0.1) is 0 Å². The van der Waals surface area contributed by atoms with Crippen molar-refractivity contribution < 1.29 is 19.1 Å². The topological polar surface area (TPSA) is 89.0 Å². The molecule has 8 heteroatoms. The van der Waals surface area contributed by atoms with Crippen LogP contribution in [-0.4, -0.2) is 30.7 Å². The van der Waals surface area contributed by atoms with Crippen molar-refractivity contribution in [1.82, 2.24) is 5.32 Å². The first-order valence-electron chi connectivity index (χ1n) is 10.5. The van der Waals surface area contributed by atoms with E-state index in [1.54, 1.807) is 49.6 Å². The van der Waals surface area contributed by atoms with E-state index in [0.29, 0.717) is 27.3 Å². The summed E-state index contributed by atoms with van der Waals surface area (Å²) in [7, 11) is 1.59. The van der Waals surface area contributed by atoms with Gasteiger partial charge in [0.2, 0.25) is 0 Å². The van der Waals surface area contributed by atoms with E-state index >= 15 is 0 Å². The van der Waals surface area contributed by atoms with E-state index < -0.39 is 0 Å². The summed E-state index contributed by atoms with van der Waals surface area (Å²) in [5.74, 6) is 0.812. The Kier molecular flexibility index (Phi) is 7.29. The first kappa shape index (κ1) is 23.1. The van der Waals surface area contributed by atoms with Gasteiger partial charge in [0.1, 0.15) is 11.5 Å². The van der Waals surface area contributed by atoms with Crippen LogP contribution in [0.4, 0.5) is 11.4 Å². The summed E-state index contributed by atoms with van der Waals surface area (Å²) in [5.41, 5.74) is 3.43. The average Bonchev–Trinajstić information content (AvgIpc) is 3.19. The van der Waals surface area contributed by atoms with E-state index in [2.05, 4.69) is 15.6 Å². The zero-order chi connectivity index (χ0) is 23.9. The number of hydrogen-bond acceptors (Lipinski definition) is 6. The van der Waals surface area contributed by atoms with Crippen LogP contribution in [0, 0.1) is 6.92 Å². The van der Waals surface area contributed by atoms with Gasteiger partial charge in [-0.05, 0) is 78.9 Å². The van der Waals surface area contributed by atoms with Gasteiger partial charge in [0.25, 0.3) is 11.8 Å². The van der Waals surface area contributed by atoms with Crippen molar-refractivity contribution in [2.24, 2.45) is 4.99 Å². The molecule has 0 aliphatic carbocycles. The number of nitrogens with zero attached hydrogens (tertiary/aromatic N) is 1. The van der Waals surface area contributed by atoms with Crippen LogP contribution in [0.25, 0.3) is 6.08 Å². The van der Waals surface area contributed by atoms with Crippen LogP contribution < -0.4 is 20.1 Å². The molecule has 0 aromatic heterocycles. The Hall–Kier alpha value is -4.04. The molecule has 1 saturated heterocycles. The summed E-state index contributed by atoms with van der Waals surface area (Å²) in [4.78, 5) is 29.5. The van der Waals surface area contributed by atoms with Crippen molar-refractivity contribution in [2.45, 2.75) is 6.92 Å². The monoisotopic (exact) mass is 473 g/mol. The van der Waals surface area contributed by atoms with Crippen LogP contribution in [0.5, 0.6) is 11.5 Å². The number of anilines is 1. The molecule has 4 rings (SSSR count). The van der Waals surface area contributed by atoms with E-state index in [-0.39, 0.29) is 18.4 Å². The van der Waals surface area contributed by atoms with Gasteiger partial charge in [-0.2, -0.15) is 0 Å². The number of thioether (sulfide) groups is 1. The molecular weight excluding hydrogens is 450 g/mol. The lowest BCUT2D eigenvalue weighted by Crippen LogP contribution is -2.20. The van der Waals surface area contributed by atoms with Gasteiger partial charge in [-0.3, -0.25) is 9.59 Å². The fourth-order valence-electron chi connectivity index (χ4n) is 3.05. The Labute approximate surface area is 201 Å². The Morgan fingerprint density at radius 2 is 1.68 bits per heavy atom. The fourth-order valence-corrected chi connectivity index (χ4v) is 3.89. The van der Waals surface area contributed by atoms with Crippen LogP contribution in [-0.2, 0) is 9.59 Å². The highest BCUT2D eigenvalue weighted by Gasteiger charge is 2.23. The smallest absolute Gasteiger partial charge is 0.264 e. The molecule has 2 amide bonds. The van der Waals surface area contributed by atoms with Gasteiger partial charge in [-0.25, -0.2) is 4.99 Å². The minimum Gasteiger partial charge on any atom is -0.497 e. The molecule has 1 aliphatic rings. The van der Waals surface area contributed by atoms with E-state index in [9.17, 15) is 9.59 Å². The zero-order valence-electron chi connectivity index (χ0n) is 18.7. The predicted molar refractivity (Wildman–Crippen MR) is 136 cm³/mol. The number of carbonyl (C=O) groups excluding carboxylic acids is 2. The molecule has 1 heterocycles. The Bertz CT molecular complexity index is 1230. The summed E-state index contributed by atoms with van der Waals surface area (Å²) >= 11 is 1.29. The average molecular weight is 474 g/mol. The summed E-state index contributed by atoms with van der Waals surface area (Å²) in [6, 6.07) is 22.0. The fraction of sp³-hybridized carbons (Fsp3) is 0.115. The number of methoxy groups -OCH3 is 1. The van der Waals surface area contributed by atoms with Crippen molar-refractivity contribution in [2.75, 3.05) is 19.0 Å². The zero-order valence-corrected chi connectivity index (χ0v) is 19.5. The Morgan fingerprint density at radius 1 is 1.00 bits per heavy atom. The van der Waals surface area contributed by atoms with E-state index in [0.717, 1.165) is 16.8 Å². The van der Waals surface area contributed by atoms with Gasteiger partial charge < -0.3 is 20.1 Å². The largest absolute Gasteiger partial charge is 0.497 e. The third kappa shape index (κ3) is 6.26. The Morgan fingerprint density at radius 3 is 2.35 bits per heavy atom. The minimum absolute atomic E-state index is 0.121. The number of aryl methyl sites for hydroxylation is 1. The van der Waals surface area contributed by atoms with Gasteiger partial charge in [-0.1, -0.05) is 29.8 Å². The van der Waals surface area contributed by atoms with Crippen molar-refractivity contribution in [3.63, 3.8) is 0 Å². The number of nitrogens with one attached hydrogen (secondary N) is 2. The molecule has 0 radical (unpaired) electrons. The van der Waals surface area contributed by atoms with Crippen LogP contribution in [0.2, 0.25) is 0 Å². The van der Waals surface area contributed by atoms with Crippen molar-refractivity contribution in [1.29, 1.82) is 0 Å². The van der Waals surface area contributed by atoms with Crippen molar-refractivity contribution >= 4 is 46.2 Å². The normalized spacial score (nSPS) is 15.3. The SMILES string of the molecule is COc1ccc(NC(=O)COc2ccc(/C=C3\SC(=Nc4ccc(C)cc4)NC3=O)cc2)cc1. The van der Waals surface area contributed by atoms with Crippen LogP contribution in [0.3, 0.4) is 0 Å². The first-order chi connectivity index (χ1) is 16.5. The standard InChI is InChI=1S/C26H23N3O4S/c1-17-3-7-20(8-4-17)28-26-29-25(31)23(34-26)15-18-5-11-22(12-6-18)33-16-24(30)27-19-9-13-21(32-2)14-10-19/h3-15H,16H2,1-2H3,(H,27,30)(H,28,29,31)/b23-15-. The number of ether oxygens (including phenoxy) is 2. The van der Waals surface area contributed by atoms with Gasteiger partial charge in [0.05, 0.1) is 17.7 Å². The van der Waals surface area contributed by atoms with Crippen LogP contribution in [0.15, 0.2) is 82.7 Å². The summed E-state index contributed by atoms with van der Waals surface area (Å²) in [6.45, 7) is 1.89. The molecular formula is C26H23N3O4S. The number of carbonyl (C=O) groups is 2. The minimum atomic E-state index is -0.268. The highest BCUT2D eigenvalue weighted by molar-refractivity contribution is 8.18. The molecule has 2 N–H and O–H groups in total. The maximum Gasteiger partial charge on any atom is 0.264 e. The van der Waals surface area contributed by atoms with E-state index in [4.69, 9.17) is 9.47 Å². The molecule has 0 unspecified atom stereocenters. The van der Waals surface area contributed by atoms with Gasteiger partial charge in [0, 0.05) is 5.69 Å². The molecule has 1 fully saturated rings. The van der Waals surface area contributed by atoms with E-state index in [1.807, 2.05) is 43.3 Å². The third-order valence-corrected chi connectivity index (χ3v) is 5.75. The molecule has 0 atom stereocenters. The number of aliphatic imine (C=N–C) groups is 1. The molecule has 0 saturated carbocycles. The second kappa shape index (κ2) is 10.7. The van der Waals surface area contributed by atoms with Crippen molar-refractivity contribution in [3.05, 3.63) is 88.8 Å². The first-order valence-corrected chi connectivity index (χ1v) is 11.3. The predicted octanol–water partition coefficient (Wildman–Crippen LogP) is 4.91.